The highest BCUT2D eigenvalue weighted by Crippen LogP contribution is 2.40. The Morgan fingerprint density at radius 1 is 1.31 bits per heavy atom. The normalized spacial score (nSPS) is 15.1. The molecule has 0 atom stereocenters. The van der Waals surface area contributed by atoms with Crippen molar-refractivity contribution in [3.05, 3.63) is 33.8 Å². The minimum atomic E-state index is -4.45. The van der Waals surface area contributed by atoms with Gasteiger partial charge in [0.05, 0.1) is 15.6 Å². The number of aliphatic hydroxyl groups is 1. The van der Waals surface area contributed by atoms with Crippen LogP contribution in [0.3, 0.4) is 0 Å². The van der Waals surface area contributed by atoms with Crippen LogP contribution in [0.4, 0.5) is 13.2 Å². The Morgan fingerprint density at radius 2 is 2.00 bits per heavy atom. The Bertz CT molecular complexity index is 466. The summed E-state index contributed by atoms with van der Waals surface area (Å²) in [6, 6.07) is 1.79. The maximum absolute atomic E-state index is 12.5. The Hall–Kier alpha value is -1.17. The van der Waals surface area contributed by atoms with Crippen molar-refractivity contribution in [3.8, 4) is 5.75 Å². The van der Waals surface area contributed by atoms with Crippen molar-refractivity contribution in [2.24, 2.45) is 0 Å². The minimum absolute atomic E-state index is 0.0490. The number of hydrogen-bond donors (Lipinski definition) is 1. The van der Waals surface area contributed by atoms with E-state index < -0.39 is 11.7 Å². The zero-order chi connectivity index (χ0) is 11.9. The topological polar surface area (TPSA) is 29.5 Å². The fourth-order valence-corrected chi connectivity index (χ4v) is 1.98. The summed E-state index contributed by atoms with van der Waals surface area (Å²) in [4.78, 5) is 0. The van der Waals surface area contributed by atoms with Crippen LogP contribution in [-0.2, 0) is 6.18 Å². The highest BCUT2D eigenvalue weighted by molar-refractivity contribution is 9.10. The molecule has 86 valence electrons. The van der Waals surface area contributed by atoms with E-state index in [-0.39, 0.29) is 28.2 Å². The van der Waals surface area contributed by atoms with E-state index in [1.54, 1.807) is 0 Å². The average molecular weight is 295 g/mol. The van der Waals surface area contributed by atoms with E-state index in [0.717, 1.165) is 12.1 Å². The lowest BCUT2D eigenvalue weighted by atomic mass is 10.1. The summed E-state index contributed by atoms with van der Waals surface area (Å²) >= 11 is 2.99. The smallest absolute Gasteiger partial charge is 0.416 e. The SMILES string of the molecule is OC1=CCOc2c(Br)cc(C(F)(F)F)cc21. The van der Waals surface area contributed by atoms with Crippen molar-refractivity contribution in [2.45, 2.75) is 6.18 Å². The van der Waals surface area contributed by atoms with Crippen LogP contribution in [0.25, 0.3) is 5.76 Å². The van der Waals surface area contributed by atoms with Gasteiger partial charge < -0.3 is 9.84 Å². The molecule has 1 aliphatic heterocycles. The number of alkyl halides is 3. The summed E-state index contributed by atoms with van der Waals surface area (Å²) in [5.74, 6) is 0.0288. The third-order valence-electron chi connectivity index (χ3n) is 2.15. The molecule has 16 heavy (non-hydrogen) atoms. The molecule has 0 saturated carbocycles. The van der Waals surface area contributed by atoms with Crippen LogP contribution in [0.5, 0.6) is 5.75 Å². The van der Waals surface area contributed by atoms with Crippen LogP contribution in [0, 0.1) is 0 Å². The quantitative estimate of drug-likeness (QED) is 0.789. The highest BCUT2D eigenvalue weighted by Gasteiger charge is 2.33. The lowest BCUT2D eigenvalue weighted by Crippen LogP contribution is -2.10. The molecule has 6 heteroatoms. The maximum Gasteiger partial charge on any atom is 0.416 e. The summed E-state index contributed by atoms with van der Waals surface area (Å²) in [7, 11) is 0. The van der Waals surface area contributed by atoms with Crippen molar-refractivity contribution in [2.75, 3.05) is 6.61 Å². The van der Waals surface area contributed by atoms with Crippen molar-refractivity contribution in [3.63, 3.8) is 0 Å². The summed E-state index contributed by atoms with van der Waals surface area (Å²) in [6.07, 6.45) is -3.13. The van der Waals surface area contributed by atoms with Crippen LogP contribution in [0.1, 0.15) is 11.1 Å². The molecule has 1 N–H and O–H groups in total. The van der Waals surface area contributed by atoms with Gasteiger partial charge in [-0.15, -0.1) is 0 Å². The zero-order valence-corrected chi connectivity index (χ0v) is 9.39. The van der Waals surface area contributed by atoms with Gasteiger partial charge in [-0.05, 0) is 34.1 Å². The number of rotatable bonds is 0. The molecular weight excluding hydrogens is 289 g/mol. The molecule has 0 spiro atoms. The third kappa shape index (κ3) is 1.89. The van der Waals surface area contributed by atoms with E-state index in [4.69, 9.17) is 4.74 Å². The van der Waals surface area contributed by atoms with E-state index >= 15 is 0 Å². The Morgan fingerprint density at radius 3 is 2.62 bits per heavy atom. The average Bonchev–Trinajstić information content (AvgIpc) is 2.18. The standard InChI is InChI=1S/C10H6BrF3O2/c11-7-4-5(10(12,13)14)3-6-8(15)1-2-16-9(6)7/h1,3-4,15H,2H2. The molecule has 0 radical (unpaired) electrons. The van der Waals surface area contributed by atoms with Gasteiger partial charge in [-0.2, -0.15) is 13.2 Å². The lowest BCUT2D eigenvalue weighted by Gasteiger charge is -2.18. The summed E-state index contributed by atoms with van der Waals surface area (Å²) in [5.41, 5.74) is -0.781. The Kier molecular flexibility index (Phi) is 2.61. The molecule has 1 aliphatic rings. The minimum Gasteiger partial charge on any atom is -0.507 e. The second-order valence-electron chi connectivity index (χ2n) is 3.23. The largest absolute Gasteiger partial charge is 0.507 e. The molecular formula is C10H6BrF3O2. The van der Waals surface area contributed by atoms with Crippen LogP contribution < -0.4 is 4.74 Å². The third-order valence-corrected chi connectivity index (χ3v) is 2.74. The van der Waals surface area contributed by atoms with E-state index in [0.29, 0.717) is 0 Å². The molecule has 1 aromatic carbocycles. The molecule has 2 rings (SSSR count). The highest BCUT2D eigenvalue weighted by atomic mass is 79.9. The summed E-state index contributed by atoms with van der Waals surface area (Å²) in [6.45, 7) is 0.142. The second kappa shape index (κ2) is 3.69. The number of hydrogen-bond acceptors (Lipinski definition) is 2. The first-order chi connectivity index (χ1) is 7.39. The van der Waals surface area contributed by atoms with Crippen LogP contribution in [-0.4, -0.2) is 11.7 Å². The summed E-state index contributed by atoms with van der Waals surface area (Å²) < 4.78 is 42.8. The maximum atomic E-state index is 12.5. The first-order valence-corrected chi connectivity index (χ1v) is 5.12. The van der Waals surface area contributed by atoms with Crippen LogP contribution >= 0.6 is 15.9 Å². The number of ether oxygens (including phenoxy) is 1. The zero-order valence-electron chi connectivity index (χ0n) is 7.81. The molecule has 0 amide bonds. The molecule has 0 unspecified atom stereocenters. The lowest BCUT2D eigenvalue weighted by molar-refractivity contribution is -0.137. The van der Waals surface area contributed by atoms with Crippen LogP contribution in [0.15, 0.2) is 22.7 Å². The van der Waals surface area contributed by atoms with Crippen molar-refractivity contribution < 1.29 is 23.0 Å². The number of benzene rings is 1. The van der Waals surface area contributed by atoms with Gasteiger partial charge in [0.1, 0.15) is 18.1 Å². The van der Waals surface area contributed by atoms with E-state index in [1.807, 2.05) is 0 Å². The van der Waals surface area contributed by atoms with Gasteiger partial charge in [0.25, 0.3) is 0 Å². The van der Waals surface area contributed by atoms with Gasteiger partial charge in [-0.3, -0.25) is 0 Å². The molecule has 1 aromatic rings. The first-order valence-electron chi connectivity index (χ1n) is 4.32. The fraction of sp³-hybridized carbons (Fsp3) is 0.200. The summed E-state index contributed by atoms with van der Waals surface area (Å²) in [5, 5.41) is 9.47. The predicted molar refractivity (Wildman–Crippen MR) is 55.2 cm³/mol. The number of halogens is 4. The van der Waals surface area contributed by atoms with Crippen molar-refractivity contribution >= 4 is 21.7 Å². The second-order valence-corrected chi connectivity index (χ2v) is 4.09. The molecule has 0 saturated heterocycles. The van der Waals surface area contributed by atoms with Crippen molar-refractivity contribution in [1.82, 2.24) is 0 Å². The van der Waals surface area contributed by atoms with Gasteiger partial charge in [0.15, 0.2) is 0 Å². The van der Waals surface area contributed by atoms with Gasteiger partial charge in [0, 0.05) is 0 Å². The number of aliphatic hydroxyl groups excluding tert-OH is 1. The molecule has 0 aliphatic carbocycles. The van der Waals surface area contributed by atoms with Gasteiger partial charge >= 0.3 is 6.18 Å². The van der Waals surface area contributed by atoms with Gasteiger partial charge in [-0.25, -0.2) is 0 Å². The Balaban J connectivity index is 2.62. The van der Waals surface area contributed by atoms with E-state index in [2.05, 4.69) is 15.9 Å². The molecule has 0 bridgehead atoms. The van der Waals surface area contributed by atoms with Crippen molar-refractivity contribution in [1.29, 1.82) is 0 Å². The van der Waals surface area contributed by atoms with Gasteiger partial charge in [0.2, 0.25) is 0 Å². The molecule has 0 aromatic heterocycles. The molecule has 0 fully saturated rings. The van der Waals surface area contributed by atoms with E-state index in [1.165, 1.54) is 6.08 Å². The molecule has 2 nitrogen and oxygen atoms in total. The predicted octanol–water partition coefficient (Wildman–Crippen LogP) is 3.76. The number of fused-ring (bicyclic) bond motifs is 1. The van der Waals surface area contributed by atoms with E-state index in [9.17, 15) is 18.3 Å². The molecule has 1 heterocycles. The fourth-order valence-electron chi connectivity index (χ4n) is 1.41. The first kappa shape index (κ1) is 11.3. The Labute approximate surface area is 97.5 Å². The monoisotopic (exact) mass is 294 g/mol. The van der Waals surface area contributed by atoms with Gasteiger partial charge in [-0.1, -0.05) is 0 Å². The van der Waals surface area contributed by atoms with Crippen LogP contribution in [0.2, 0.25) is 0 Å².